The van der Waals surface area contributed by atoms with Crippen LogP contribution in [0.25, 0.3) is 0 Å². The van der Waals surface area contributed by atoms with Crippen molar-refractivity contribution in [2.45, 2.75) is 24.8 Å². The zero-order chi connectivity index (χ0) is 10.9. The SMILES string of the molecule is Nc1ncc(Cl)c(NC2(CO)CCC2)n1. The Bertz CT molecular complexity index is 362. The van der Waals surface area contributed by atoms with Gasteiger partial charge in [0, 0.05) is 0 Å². The predicted octanol–water partition coefficient (Wildman–Crippen LogP) is 1.04. The molecule has 15 heavy (non-hydrogen) atoms. The molecule has 1 aliphatic carbocycles. The summed E-state index contributed by atoms with van der Waals surface area (Å²) in [6, 6.07) is 0. The van der Waals surface area contributed by atoms with Crippen LogP contribution in [0.15, 0.2) is 6.20 Å². The lowest BCUT2D eigenvalue weighted by Crippen LogP contribution is -2.48. The largest absolute Gasteiger partial charge is 0.394 e. The molecule has 5 nitrogen and oxygen atoms in total. The Hall–Kier alpha value is -1.07. The predicted molar refractivity (Wildman–Crippen MR) is 58.7 cm³/mol. The molecule has 0 saturated heterocycles. The number of nitrogens with two attached hydrogens (primary N) is 1. The highest BCUT2D eigenvalue weighted by atomic mass is 35.5. The van der Waals surface area contributed by atoms with Gasteiger partial charge < -0.3 is 16.2 Å². The molecule has 0 aromatic carbocycles. The van der Waals surface area contributed by atoms with Crippen molar-refractivity contribution < 1.29 is 5.11 Å². The van der Waals surface area contributed by atoms with E-state index in [1.54, 1.807) is 0 Å². The van der Waals surface area contributed by atoms with Gasteiger partial charge in [0.05, 0.1) is 18.3 Å². The second-order valence-electron chi connectivity index (χ2n) is 3.84. The number of nitrogen functional groups attached to an aromatic ring is 1. The fourth-order valence-corrected chi connectivity index (χ4v) is 1.78. The van der Waals surface area contributed by atoms with Crippen LogP contribution in [0.2, 0.25) is 5.02 Å². The number of hydrogen-bond acceptors (Lipinski definition) is 5. The summed E-state index contributed by atoms with van der Waals surface area (Å²) in [5.41, 5.74) is 5.19. The minimum atomic E-state index is -0.273. The monoisotopic (exact) mass is 228 g/mol. The maximum Gasteiger partial charge on any atom is 0.222 e. The van der Waals surface area contributed by atoms with E-state index in [-0.39, 0.29) is 18.1 Å². The molecule has 0 aliphatic heterocycles. The third-order valence-electron chi connectivity index (χ3n) is 2.76. The van der Waals surface area contributed by atoms with Crippen LogP contribution < -0.4 is 11.1 Å². The molecule has 82 valence electrons. The van der Waals surface area contributed by atoms with E-state index < -0.39 is 0 Å². The topological polar surface area (TPSA) is 84.1 Å². The van der Waals surface area contributed by atoms with Crippen molar-refractivity contribution in [2.75, 3.05) is 17.7 Å². The number of nitrogens with one attached hydrogen (secondary N) is 1. The molecule has 0 amide bonds. The number of rotatable bonds is 3. The number of aliphatic hydroxyl groups is 1. The maximum atomic E-state index is 9.28. The number of hydrogen-bond donors (Lipinski definition) is 3. The number of nitrogens with zero attached hydrogens (tertiary/aromatic N) is 2. The number of aromatic nitrogens is 2. The van der Waals surface area contributed by atoms with Crippen molar-refractivity contribution >= 4 is 23.4 Å². The molecule has 1 heterocycles. The Kier molecular flexibility index (Phi) is 2.67. The third kappa shape index (κ3) is 1.98. The first-order valence-electron chi connectivity index (χ1n) is 4.82. The Morgan fingerprint density at radius 3 is 2.87 bits per heavy atom. The van der Waals surface area contributed by atoms with Crippen LogP contribution in [-0.4, -0.2) is 27.2 Å². The van der Waals surface area contributed by atoms with Gasteiger partial charge in [-0.25, -0.2) is 4.98 Å². The van der Waals surface area contributed by atoms with Gasteiger partial charge in [-0.1, -0.05) is 11.6 Å². The lowest BCUT2D eigenvalue weighted by Gasteiger charge is -2.41. The van der Waals surface area contributed by atoms with Crippen LogP contribution in [0.5, 0.6) is 0 Å². The normalized spacial score (nSPS) is 18.3. The Morgan fingerprint density at radius 2 is 2.33 bits per heavy atom. The molecule has 4 N–H and O–H groups in total. The van der Waals surface area contributed by atoms with Crippen LogP contribution in [0.3, 0.4) is 0 Å². The molecular formula is C9H13ClN4O. The van der Waals surface area contributed by atoms with Crippen molar-refractivity contribution in [1.29, 1.82) is 0 Å². The quantitative estimate of drug-likeness (QED) is 0.720. The van der Waals surface area contributed by atoms with Crippen LogP contribution in [0.1, 0.15) is 19.3 Å². The van der Waals surface area contributed by atoms with Gasteiger partial charge in [-0.2, -0.15) is 4.98 Å². The molecule has 0 spiro atoms. The summed E-state index contributed by atoms with van der Waals surface area (Å²) in [5.74, 6) is 0.673. The molecule has 0 bridgehead atoms. The van der Waals surface area contributed by atoms with E-state index >= 15 is 0 Å². The van der Waals surface area contributed by atoms with Crippen molar-refractivity contribution in [3.63, 3.8) is 0 Å². The minimum Gasteiger partial charge on any atom is -0.394 e. The smallest absolute Gasteiger partial charge is 0.222 e. The molecule has 1 aromatic rings. The lowest BCUT2D eigenvalue weighted by atomic mass is 9.77. The highest BCUT2D eigenvalue weighted by Crippen LogP contribution is 2.35. The molecule has 0 radical (unpaired) electrons. The molecule has 1 fully saturated rings. The molecule has 6 heteroatoms. The molecule has 2 rings (SSSR count). The van der Waals surface area contributed by atoms with Crippen molar-refractivity contribution in [2.24, 2.45) is 0 Å². The summed E-state index contributed by atoms with van der Waals surface area (Å²) < 4.78 is 0. The number of halogens is 1. The van der Waals surface area contributed by atoms with Crippen LogP contribution in [0, 0.1) is 0 Å². The second kappa shape index (κ2) is 3.83. The molecule has 1 aromatic heterocycles. The zero-order valence-corrected chi connectivity index (χ0v) is 8.96. The average Bonchev–Trinajstić information content (AvgIpc) is 2.17. The summed E-state index contributed by atoms with van der Waals surface area (Å²) >= 11 is 5.92. The van der Waals surface area contributed by atoms with Crippen LogP contribution in [-0.2, 0) is 0 Å². The fourth-order valence-electron chi connectivity index (χ4n) is 1.65. The summed E-state index contributed by atoms with van der Waals surface area (Å²) in [6.07, 6.45) is 4.40. The van der Waals surface area contributed by atoms with Gasteiger partial charge in [-0.05, 0) is 19.3 Å². The Morgan fingerprint density at radius 1 is 1.60 bits per heavy atom. The molecule has 1 saturated carbocycles. The summed E-state index contributed by atoms with van der Waals surface area (Å²) in [5, 5.41) is 12.8. The van der Waals surface area contributed by atoms with E-state index in [2.05, 4.69) is 15.3 Å². The standard InChI is InChI=1S/C9H13ClN4O/c10-6-4-12-8(11)13-7(6)14-9(5-15)2-1-3-9/h4,15H,1-3,5H2,(H3,11,12,13,14). The summed E-state index contributed by atoms with van der Waals surface area (Å²) in [7, 11) is 0. The van der Waals surface area contributed by atoms with Crippen molar-refractivity contribution in [3.05, 3.63) is 11.2 Å². The van der Waals surface area contributed by atoms with E-state index in [9.17, 15) is 5.11 Å². The summed E-state index contributed by atoms with van der Waals surface area (Å²) in [6.45, 7) is 0.0766. The van der Waals surface area contributed by atoms with Gasteiger partial charge in [0.15, 0.2) is 5.82 Å². The number of aliphatic hydroxyl groups excluding tert-OH is 1. The van der Waals surface area contributed by atoms with Gasteiger partial charge >= 0.3 is 0 Å². The maximum absolute atomic E-state index is 9.28. The van der Waals surface area contributed by atoms with Crippen molar-refractivity contribution in [1.82, 2.24) is 9.97 Å². The van der Waals surface area contributed by atoms with Crippen LogP contribution >= 0.6 is 11.6 Å². The Balaban J connectivity index is 2.19. The lowest BCUT2D eigenvalue weighted by molar-refractivity contribution is 0.144. The summed E-state index contributed by atoms with van der Waals surface area (Å²) in [4.78, 5) is 7.77. The van der Waals surface area contributed by atoms with E-state index in [1.165, 1.54) is 6.20 Å². The first kappa shape index (κ1) is 10.4. The Labute approximate surface area is 92.7 Å². The van der Waals surface area contributed by atoms with E-state index in [0.717, 1.165) is 19.3 Å². The fraction of sp³-hybridized carbons (Fsp3) is 0.556. The third-order valence-corrected chi connectivity index (χ3v) is 3.04. The van der Waals surface area contributed by atoms with Crippen molar-refractivity contribution in [3.8, 4) is 0 Å². The van der Waals surface area contributed by atoms with Gasteiger partial charge in [-0.3, -0.25) is 0 Å². The zero-order valence-electron chi connectivity index (χ0n) is 8.20. The molecule has 0 unspecified atom stereocenters. The first-order valence-corrected chi connectivity index (χ1v) is 5.20. The van der Waals surface area contributed by atoms with Gasteiger partial charge in [-0.15, -0.1) is 0 Å². The van der Waals surface area contributed by atoms with E-state index in [1.807, 2.05) is 0 Å². The minimum absolute atomic E-state index is 0.0766. The highest BCUT2D eigenvalue weighted by molar-refractivity contribution is 6.32. The van der Waals surface area contributed by atoms with Gasteiger partial charge in [0.25, 0.3) is 0 Å². The van der Waals surface area contributed by atoms with E-state index in [0.29, 0.717) is 10.8 Å². The number of anilines is 2. The van der Waals surface area contributed by atoms with Gasteiger partial charge in [0.1, 0.15) is 5.02 Å². The second-order valence-corrected chi connectivity index (χ2v) is 4.25. The average molecular weight is 229 g/mol. The van der Waals surface area contributed by atoms with E-state index in [4.69, 9.17) is 17.3 Å². The first-order chi connectivity index (χ1) is 7.15. The van der Waals surface area contributed by atoms with Crippen LogP contribution in [0.4, 0.5) is 11.8 Å². The van der Waals surface area contributed by atoms with Gasteiger partial charge in [0.2, 0.25) is 5.95 Å². The highest BCUT2D eigenvalue weighted by Gasteiger charge is 2.37. The molecule has 0 atom stereocenters. The molecule has 1 aliphatic rings. The molecular weight excluding hydrogens is 216 g/mol.